The Morgan fingerprint density at radius 2 is 0.978 bits per heavy atom. The van der Waals surface area contributed by atoms with E-state index in [9.17, 15) is 0 Å². The van der Waals surface area contributed by atoms with Gasteiger partial charge >= 0.3 is 0 Å². The van der Waals surface area contributed by atoms with Crippen molar-refractivity contribution in [3.8, 4) is 11.4 Å². The number of fused-ring (bicyclic) bond motifs is 9. The molecule has 10 rings (SSSR count). The van der Waals surface area contributed by atoms with Crippen molar-refractivity contribution in [2.24, 2.45) is 0 Å². The first-order valence-electron chi connectivity index (χ1n) is 15.7. The van der Waals surface area contributed by atoms with E-state index in [1.54, 1.807) is 0 Å². The normalized spacial score (nSPS) is 17.1. The standard InChI is InChI=1S/C42H29N3/c1-3-13-28(14-4-1)43-37-20-10-7-17-31(37)34-25-30(23-24-40(34)43)45-39-22-12-9-19-33(39)36-26-35-32-18-8-11-21-38(32)44(41(35)27-42(36)45)29-15-5-2-6-16-29/h1-27,31,37H. The fraction of sp³-hybridized carbons (Fsp3) is 0.0476. The highest BCUT2D eigenvalue weighted by molar-refractivity contribution is 6.19. The minimum atomic E-state index is 0.266. The zero-order valence-corrected chi connectivity index (χ0v) is 24.6. The van der Waals surface area contributed by atoms with E-state index in [-0.39, 0.29) is 6.04 Å². The molecule has 212 valence electrons. The quantitative estimate of drug-likeness (QED) is 0.204. The number of aromatic nitrogens is 2. The number of allylic oxidation sites excluding steroid dienone is 2. The molecule has 2 aliphatic rings. The SMILES string of the molecule is C1=CC2c3cc(-n4c5ccccc5c5cc6c7ccccc7n(-c7ccccc7)c6cc54)ccc3N(c3ccccc3)C2C=C1. The Labute approximate surface area is 261 Å². The molecule has 3 heterocycles. The van der Waals surface area contributed by atoms with Crippen LogP contribution in [0.3, 0.4) is 0 Å². The zero-order chi connectivity index (χ0) is 29.5. The van der Waals surface area contributed by atoms with Crippen LogP contribution in [0, 0.1) is 0 Å². The molecule has 0 radical (unpaired) electrons. The lowest BCUT2D eigenvalue weighted by Gasteiger charge is -2.28. The van der Waals surface area contributed by atoms with Crippen molar-refractivity contribution in [1.82, 2.24) is 9.13 Å². The largest absolute Gasteiger partial charge is 0.333 e. The summed E-state index contributed by atoms with van der Waals surface area (Å²) in [7, 11) is 0. The number of nitrogens with zero attached hydrogens (tertiary/aromatic N) is 3. The molecule has 1 aliphatic carbocycles. The van der Waals surface area contributed by atoms with E-state index < -0.39 is 0 Å². The first kappa shape index (κ1) is 24.6. The van der Waals surface area contributed by atoms with E-state index in [0.29, 0.717) is 5.92 Å². The van der Waals surface area contributed by atoms with E-state index in [2.05, 4.69) is 178 Å². The predicted octanol–water partition coefficient (Wildman–Crippen LogP) is 10.6. The molecule has 0 fully saturated rings. The average Bonchev–Trinajstić information content (AvgIpc) is 3.73. The van der Waals surface area contributed by atoms with Gasteiger partial charge in [0.15, 0.2) is 0 Å². The van der Waals surface area contributed by atoms with Crippen molar-refractivity contribution in [2.45, 2.75) is 12.0 Å². The molecule has 3 heteroatoms. The van der Waals surface area contributed by atoms with Crippen molar-refractivity contribution in [3.63, 3.8) is 0 Å². The van der Waals surface area contributed by atoms with Crippen molar-refractivity contribution >= 4 is 55.0 Å². The van der Waals surface area contributed by atoms with Crippen LogP contribution in [0.5, 0.6) is 0 Å². The van der Waals surface area contributed by atoms with Gasteiger partial charge in [-0.25, -0.2) is 0 Å². The van der Waals surface area contributed by atoms with Crippen LogP contribution in [0.1, 0.15) is 11.5 Å². The third-order valence-corrected chi connectivity index (χ3v) is 9.81. The number of hydrogen-bond donors (Lipinski definition) is 0. The van der Waals surface area contributed by atoms with Gasteiger partial charge in [0, 0.05) is 50.2 Å². The molecule has 3 nitrogen and oxygen atoms in total. The first-order valence-corrected chi connectivity index (χ1v) is 15.7. The highest BCUT2D eigenvalue weighted by Gasteiger charge is 2.37. The Morgan fingerprint density at radius 1 is 0.400 bits per heavy atom. The molecular formula is C42H29N3. The Kier molecular flexibility index (Phi) is 5.11. The topological polar surface area (TPSA) is 13.1 Å². The molecule has 2 unspecified atom stereocenters. The lowest BCUT2D eigenvalue weighted by atomic mass is 9.91. The minimum Gasteiger partial charge on any atom is -0.333 e. The number of para-hydroxylation sites is 4. The Morgan fingerprint density at radius 3 is 1.67 bits per heavy atom. The molecule has 8 aromatic rings. The Bertz CT molecular complexity index is 2500. The van der Waals surface area contributed by atoms with Gasteiger partial charge in [0.25, 0.3) is 0 Å². The summed E-state index contributed by atoms with van der Waals surface area (Å²) < 4.78 is 4.89. The average molecular weight is 576 g/mol. The molecule has 45 heavy (non-hydrogen) atoms. The second kappa shape index (κ2) is 9.35. The second-order valence-electron chi connectivity index (χ2n) is 12.2. The van der Waals surface area contributed by atoms with E-state index in [1.165, 1.54) is 71.9 Å². The van der Waals surface area contributed by atoms with Gasteiger partial charge in [0.05, 0.1) is 28.1 Å². The summed E-state index contributed by atoms with van der Waals surface area (Å²) in [6.07, 6.45) is 9.10. The number of benzene rings is 6. The Balaban J connectivity index is 1.26. The van der Waals surface area contributed by atoms with Gasteiger partial charge in [-0.3, -0.25) is 0 Å². The molecule has 0 N–H and O–H groups in total. The van der Waals surface area contributed by atoms with Gasteiger partial charge in [0.2, 0.25) is 0 Å². The maximum Gasteiger partial charge on any atom is 0.0629 e. The second-order valence-corrected chi connectivity index (χ2v) is 12.2. The molecule has 0 bridgehead atoms. The summed E-state index contributed by atoms with van der Waals surface area (Å²) in [6.45, 7) is 0. The molecule has 0 amide bonds. The smallest absolute Gasteiger partial charge is 0.0629 e. The minimum absolute atomic E-state index is 0.266. The first-order chi connectivity index (χ1) is 22.3. The molecule has 0 saturated heterocycles. The summed E-state index contributed by atoms with van der Waals surface area (Å²) in [4.78, 5) is 2.50. The van der Waals surface area contributed by atoms with Crippen LogP contribution < -0.4 is 4.90 Å². The van der Waals surface area contributed by atoms with Crippen molar-refractivity contribution in [2.75, 3.05) is 4.90 Å². The maximum atomic E-state index is 2.50. The number of hydrogen-bond acceptors (Lipinski definition) is 1. The van der Waals surface area contributed by atoms with Crippen LogP contribution in [0.2, 0.25) is 0 Å². The monoisotopic (exact) mass is 575 g/mol. The van der Waals surface area contributed by atoms with Crippen LogP contribution >= 0.6 is 0 Å². The summed E-state index contributed by atoms with van der Waals surface area (Å²) in [5.74, 6) is 0.297. The van der Waals surface area contributed by atoms with Crippen molar-refractivity contribution in [1.29, 1.82) is 0 Å². The van der Waals surface area contributed by atoms with Gasteiger partial charge in [-0.05, 0) is 72.3 Å². The molecule has 0 spiro atoms. The summed E-state index contributed by atoms with van der Waals surface area (Å²) in [6, 6.07) is 51.3. The van der Waals surface area contributed by atoms with Gasteiger partial charge in [-0.1, -0.05) is 97.1 Å². The Hall–Kier alpha value is -5.80. The van der Waals surface area contributed by atoms with Crippen LogP contribution in [-0.2, 0) is 0 Å². The molecule has 1 aliphatic heterocycles. The number of rotatable bonds is 3. The highest BCUT2D eigenvalue weighted by Crippen LogP contribution is 2.49. The van der Waals surface area contributed by atoms with Crippen LogP contribution in [-0.4, -0.2) is 15.2 Å². The van der Waals surface area contributed by atoms with Crippen LogP contribution in [0.15, 0.2) is 164 Å². The van der Waals surface area contributed by atoms with Crippen molar-refractivity contribution < 1.29 is 0 Å². The highest BCUT2D eigenvalue weighted by atomic mass is 15.2. The fourth-order valence-corrected chi connectivity index (χ4v) is 7.92. The third kappa shape index (κ3) is 3.46. The number of anilines is 2. The maximum absolute atomic E-state index is 2.50. The van der Waals surface area contributed by atoms with E-state index in [1.807, 2.05) is 0 Å². The molecule has 6 aromatic carbocycles. The van der Waals surface area contributed by atoms with Gasteiger partial charge in [-0.2, -0.15) is 0 Å². The van der Waals surface area contributed by atoms with Gasteiger partial charge < -0.3 is 14.0 Å². The fourth-order valence-electron chi connectivity index (χ4n) is 7.92. The van der Waals surface area contributed by atoms with Crippen molar-refractivity contribution in [3.05, 3.63) is 169 Å². The molecule has 2 atom stereocenters. The van der Waals surface area contributed by atoms with E-state index >= 15 is 0 Å². The molecular weight excluding hydrogens is 546 g/mol. The summed E-state index contributed by atoms with van der Waals surface area (Å²) in [5.41, 5.74) is 11.1. The third-order valence-electron chi connectivity index (χ3n) is 9.81. The van der Waals surface area contributed by atoms with E-state index in [0.717, 1.165) is 0 Å². The summed E-state index contributed by atoms with van der Waals surface area (Å²) >= 11 is 0. The van der Waals surface area contributed by atoms with E-state index in [4.69, 9.17) is 0 Å². The van der Waals surface area contributed by atoms with Gasteiger partial charge in [0.1, 0.15) is 0 Å². The van der Waals surface area contributed by atoms with Gasteiger partial charge in [-0.15, -0.1) is 0 Å². The van der Waals surface area contributed by atoms with Crippen LogP contribution in [0.25, 0.3) is 55.0 Å². The van der Waals surface area contributed by atoms with Crippen LogP contribution in [0.4, 0.5) is 11.4 Å². The lowest BCUT2D eigenvalue weighted by Crippen LogP contribution is -2.28. The molecule has 2 aromatic heterocycles. The molecule has 0 saturated carbocycles. The lowest BCUT2D eigenvalue weighted by molar-refractivity contribution is 0.744. The predicted molar refractivity (Wildman–Crippen MR) is 189 cm³/mol. The zero-order valence-electron chi connectivity index (χ0n) is 24.6. The summed E-state index contributed by atoms with van der Waals surface area (Å²) in [5, 5.41) is 5.10.